The first kappa shape index (κ1) is 16.1. The molecule has 1 heteroatoms. The fourth-order valence-corrected chi connectivity index (χ4v) is 2.58. The summed E-state index contributed by atoms with van der Waals surface area (Å²) in [5.74, 6) is 7.43. The number of hydrogen-bond acceptors (Lipinski definition) is 1. The van der Waals surface area contributed by atoms with Crippen molar-refractivity contribution in [2.24, 2.45) is 0 Å². The van der Waals surface area contributed by atoms with Crippen molar-refractivity contribution in [1.82, 2.24) is 0 Å². The number of fused-ring (bicyclic) bond motifs is 1. The highest BCUT2D eigenvalue weighted by Gasteiger charge is 1.98. The third-order valence-corrected chi connectivity index (χ3v) is 4.00. The molecule has 3 rings (SSSR count). The molecular weight excluding hydrogens is 292 g/mol. The molecule has 0 saturated carbocycles. The monoisotopic (exact) mass is 314 g/mol. The molecule has 0 amide bonds. The fraction of sp³-hybridized carbons (Fsp3) is 0.217. The molecule has 3 aromatic rings. The minimum absolute atomic E-state index is 0.756. The second kappa shape index (κ2) is 7.70. The molecule has 24 heavy (non-hydrogen) atoms. The van der Waals surface area contributed by atoms with Crippen LogP contribution in [0.2, 0.25) is 0 Å². The first-order valence-corrected chi connectivity index (χ1v) is 8.56. The van der Waals surface area contributed by atoms with Crippen LogP contribution in [-0.2, 0) is 6.42 Å². The van der Waals surface area contributed by atoms with E-state index in [2.05, 4.69) is 80.3 Å². The van der Waals surface area contributed by atoms with E-state index < -0.39 is 0 Å². The van der Waals surface area contributed by atoms with Crippen molar-refractivity contribution in [1.29, 1.82) is 0 Å². The standard InChI is InChI=1S/C23H22O/c1-3-15-24-23-14-13-21-16-20(11-12-22(21)17-23)10-9-19-7-5-18(4-2)6-8-19/h5-8,11-14,16-17H,3-4,15H2,1-2H3. The fourth-order valence-electron chi connectivity index (χ4n) is 2.58. The van der Waals surface area contributed by atoms with Gasteiger partial charge < -0.3 is 4.74 Å². The topological polar surface area (TPSA) is 9.23 Å². The van der Waals surface area contributed by atoms with Crippen molar-refractivity contribution in [3.63, 3.8) is 0 Å². The maximum Gasteiger partial charge on any atom is 0.119 e. The third kappa shape index (κ3) is 3.97. The van der Waals surface area contributed by atoms with Crippen LogP contribution >= 0.6 is 0 Å². The Kier molecular flexibility index (Phi) is 5.18. The Balaban J connectivity index is 1.81. The molecule has 0 aliphatic carbocycles. The first-order valence-electron chi connectivity index (χ1n) is 8.56. The van der Waals surface area contributed by atoms with Crippen LogP contribution in [0, 0.1) is 11.8 Å². The minimum Gasteiger partial charge on any atom is -0.494 e. The average Bonchev–Trinajstić information content (AvgIpc) is 2.64. The lowest BCUT2D eigenvalue weighted by molar-refractivity contribution is 0.318. The summed E-state index contributed by atoms with van der Waals surface area (Å²) in [5, 5.41) is 2.37. The van der Waals surface area contributed by atoms with Gasteiger partial charge in [0.1, 0.15) is 5.75 Å². The van der Waals surface area contributed by atoms with Gasteiger partial charge in [0.05, 0.1) is 6.61 Å². The lowest BCUT2D eigenvalue weighted by atomic mass is 10.1. The van der Waals surface area contributed by atoms with Gasteiger partial charge in [0.15, 0.2) is 0 Å². The van der Waals surface area contributed by atoms with Crippen LogP contribution in [0.15, 0.2) is 60.7 Å². The van der Waals surface area contributed by atoms with Gasteiger partial charge in [-0.1, -0.05) is 50.0 Å². The third-order valence-electron chi connectivity index (χ3n) is 4.00. The van der Waals surface area contributed by atoms with Gasteiger partial charge in [0.2, 0.25) is 0 Å². The van der Waals surface area contributed by atoms with E-state index >= 15 is 0 Å². The molecule has 0 aliphatic heterocycles. The maximum absolute atomic E-state index is 5.69. The number of benzene rings is 3. The zero-order valence-electron chi connectivity index (χ0n) is 14.3. The van der Waals surface area contributed by atoms with E-state index in [0.717, 1.165) is 36.3 Å². The van der Waals surface area contributed by atoms with Crippen molar-refractivity contribution in [3.05, 3.63) is 77.4 Å². The van der Waals surface area contributed by atoms with Crippen LogP contribution in [-0.4, -0.2) is 6.61 Å². The van der Waals surface area contributed by atoms with E-state index in [1.807, 2.05) is 6.07 Å². The van der Waals surface area contributed by atoms with Crippen molar-refractivity contribution in [3.8, 4) is 17.6 Å². The summed E-state index contributed by atoms with van der Waals surface area (Å²) >= 11 is 0. The highest BCUT2D eigenvalue weighted by atomic mass is 16.5. The Hall–Kier alpha value is -2.72. The Bertz CT molecular complexity index is 879. The van der Waals surface area contributed by atoms with Crippen molar-refractivity contribution in [2.75, 3.05) is 6.61 Å². The largest absolute Gasteiger partial charge is 0.494 e. The van der Waals surface area contributed by atoms with Crippen molar-refractivity contribution < 1.29 is 4.74 Å². The van der Waals surface area contributed by atoms with Gasteiger partial charge in [0.25, 0.3) is 0 Å². The van der Waals surface area contributed by atoms with Crippen molar-refractivity contribution in [2.45, 2.75) is 26.7 Å². The first-order chi connectivity index (χ1) is 11.8. The van der Waals surface area contributed by atoms with Gasteiger partial charge in [-0.3, -0.25) is 0 Å². The van der Waals surface area contributed by atoms with Crippen LogP contribution in [0.1, 0.15) is 37.0 Å². The van der Waals surface area contributed by atoms with Gasteiger partial charge in [-0.05, 0) is 65.6 Å². The van der Waals surface area contributed by atoms with Crippen LogP contribution in [0.3, 0.4) is 0 Å². The summed E-state index contributed by atoms with van der Waals surface area (Å²) in [6, 6.07) is 21.0. The molecule has 0 atom stereocenters. The molecule has 0 aromatic heterocycles. The van der Waals surface area contributed by atoms with Gasteiger partial charge in [-0.25, -0.2) is 0 Å². The summed E-state index contributed by atoms with van der Waals surface area (Å²) in [4.78, 5) is 0. The average molecular weight is 314 g/mol. The Morgan fingerprint density at radius 2 is 1.42 bits per heavy atom. The molecule has 1 nitrogen and oxygen atoms in total. The number of hydrogen-bond donors (Lipinski definition) is 0. The molecule has 120 valence electrons. The molecule has 0 fully saturated rings. The molecular formula is C23H22O. The summed E-state index contributed by atoms with van der Waals surface area (Å²) < 4.78 is 5.69. The van der Waals surface area contributed by atoms with Gasteiger partial charge in [0, 0.05) is 11.1 Å². The molecule has 0 bridgehead atoms. The van der Waals surface area contributed by atoms with Crippen LogP contribution < -0.4 is 4.74 Å². The van der Waals surface area contributed by atoms with Crippen LogP contribution in [0.4, 0.5) is 0 Å². The lowest BCUT2D eigenvalue weighted by Gasteiger charge is -2.06. The normalized spacial score (nSPS) is 10.2. The molecule has 0 N–H and O–H groups in total. The summed E-state index contributed by atoms with van der Waals surface area (Å²) in [5.41, 5.74) is 3.42. The minimum atomic E-state index is 0.756. The molecule has 0 radical (unpaired) electrons. The molecule has 0 aliphatic rings. The zero-order chi connectivity index (χ0) is 16.8. The van der Waals surface area contributed by atoms with E-state index in [9.17, 15) is 0 Å². The zero-order valence-corrected chi connectivity index (χ0v) is 14.3. The highest BCUT2D eigenvalue weighted by molar-refractivity contribution is 5.85. The van der Waals surface area contributed by atoms with Gasteiger partial charge >= 0.3 is 0 Å². The van der Waals surface area contributed by atoms with E-state index in [0.29, 0.717) is 0 Å². The Labute approximate surface area is 144 Å². The van der Waals surface area contributed by atoms with E-state index in [1.54, 1.807) is 0 Å². The SMILES string of the molecule is CCCOc1ccc2cc(C#Cc3ccc(CC)cc3)ccc2c1. The predicted molar refractivity (Wildman–Crippen MR) is 102 cm³/mol. The number of aryl methyl sites for hydroxylation is 1. The molecule has 0 spiro atoms. The summed E-state index contributed by atoms with van der Waals surface area (Å²) in [7, 11) is 0. The second-order valence-electron chi connectivity index (χ2n) is 5.87. The Morgan fingerprint density at radius 3 is 2.17 bits per heavy atom. The smallest absolute Gasteiger partial charge is 0.119 e. The maximum atomic E-state index is 5.69. The lowest BCUT2D eigenvalue weighted by Crippen LogP contribution is -1.94. The van der Waals surface area contributed by atoms with Gasteiger partial charge in [-0.2, -0.15) is 0 Å². The van der Waals surface area contributed by atoms with Crippen LogP contribution in [0.5, 0.6) is 5.75 Å². The molecule has 0 saturated heterocycles. The summed E-state index contributed by atoms with van der Waals surface area (Å²) in [6.45, 7) is 5.03. The number of ether oxygens (including phenoxy) is 1. The second-order valence-corrected chi connectivity index (χ2v) is 5.87. The van der Waals surface area contributed by atoms with Crippen LogP contribution in [0.25, 0.3) is 10.8 Å². The number of rotatable bonds is 4. The quantitative estimate of drug-likeness (QED) is 0.570. The molecule has 0 heterocycles. The molecule has 3 aromatic carbocycles. The van der Waals surface area contributed by atoms with E-state index in [-0.39, 0.29) is 0 Å². The summed E-state index contributed by atoms with van der Waals surface area (Å²) in [6.07, 6.45) is 2.08. The van der Waals surface area contributed by atoms with Gasteiger partial charge in [-0.15, -0.1) is 0 Å². The van der Waals surface area contributed by atoms with E-state index in [4.69, 9.17) is 4.74 Å². The van der Waals surface area contributed by atoms with E-state index in [1.165, 1.54) is 16.3 Å². The van der Waals surface area contributed by atoms with Crippen molar-refractivity contribution >= 4 is 10.8 Å². The molecule has 0 unspecified atom stereocenters. The Morgan fingerprint density at radius 1 is 0.750 bits per heavy atom. The predicted octanol–water partition coefficient (Wildman–Crippen LogP) is 5.59. The highest BCUT2D eigenvalue weighted by Crippen LogP contribution is 2.22.